The third-order valence-electron chi connectivity index (χ3n) is 5.45. The van der Waals surface area contributed by atoms with Gasteiger partial charge in [-0.15, -0.1) is 0 Å². The zero-order valence-corrected chi connectivity index (χ0v) is 18.6. The molecule has 2 aromatic rings. The Balaban J connectivity index is 1.97. The van der Waals surface area contributed by atoms with Crippen LogP contribution in [0.3, 0.4) is 0 Å². The van der Waals surface area contributed by atoms with Crippen LogP contribution < -0.4 is 4.74 Å². The van der Waals surface area contributed by atoms with Gasteiger partial charge < -0.3 is 4.74 Å². The van der Waals surface area contributed by atoms with E-state index in [0.29, 0.717) is 6.42 Å². The lowest BCUT2D eigenvalue weighted by Crippen LogP contribution is -2.13. The lowest BCUT2D eigenvalue weighted by atomic mass is 10.0. The number of esters is 1. The number of rotatable bonds is 13. The van der Waals surface area contributed by atoms with Gasteiger partial charge in [0.05, 0.1) is 5.56 Å². The molecule has 5 heteroatoms. The Kier molecular flexibility index (Phi) is 10.6. The van der Waals surface area contributed by atoms with E-state index in [9.17, 15) is 18.0 Å². The summed E-state index contributed by atoms with van der Waals surface area (Å²) in [5.41, 5.74) is 0.754. The molecule has 2 nitrogen and oxygen atoms in total. The molecule has 2 aromatic carbocycles. The van der Waals surface area contributed by atoms with E-state index in [-0.39, 0.29) is 11.1 Å². The predicted octanol–water partition coefficient (Wildman–Crippen LogP) is 7.96. The summed E-state index contributed by atoms with van der Waals surface area (Å²) in [7, 11) is 0. The average molecular weight is 435 g/mol. The predicted molar refractivity (Wildman–Crippen MR) is 118 cm³/mol. The van der Waals surface area contributed by atoms with Crippen LogP contribution in [-0.2, 0) is 12.8 Å². The van der Waals surface area contributed by atoms with Gasteiger partial charge in [-0.1, -0.05) is 70.9 Å². The Labute approximate surface area is 183 Å². The quantitative estimate of drug-likeness (QED) is 0.182. The fraction of sp³-hybridized carbons (Fsp3) is 0.500. The molecule has 0 fully saturated rings. The molecule has 0 unspecified atom stereocenters. The van der Waals surface area contributed by atoms with Crippen molar-refractivity contribution in [2.45, 2.75) is 84.5 Å². The molecule has 0 aliphatic carbocycles. The Hall–Kier alpha value is -2.30. The van der Waals surface area contributed by atoms with Crippen LogP contribution in [0.4, 0.5) is 13.2 Å². The van der Waals surface area contributed by atoms with Crippen molar-refractivity contribution in [3.8, 4) is 5.75 Å². The van der Waals surface area contributed by atoms with Gasteiger partial charge in [0.2, 0.25) is 5.82 Å². The van der Waals surface area contributed by atoms with E-state index in [1.807, 2.05) is 0 Å². The van der Waals surface area contributed by atoms with Crippen LogP contribution in [0.5, 0.6) is 5.75 Å². The highest BCUT2D eigenvalue weighted by Crippen LogP contribution is 2.25. The normalized spacial score (nSPS) is 11.0. The van der Waals surface area contributed by atoms with Crippen LogP contribution in [-0.4, -0.2) is 5.97 Å². The number of carbonyl (C=O) groups excluding carboxylic acids is 1. The number of benzene rings is 2. The first-order chi connectivity index (χ1) is 15.0. The maximum atomic E-state index is 14.4. The molecule has 0 saturated heterocycles. The highest BCUT2D eigenvalue weighted by atomic mass is 19.2. The van der Waals surface area contributed by atoms with Crippen molar-refractivity contribution in [2.75, 3.05) is 0 Å². The first-order valence-electron chi connectivity index (χ1n) is 11.4. The molecule has 0 aliphatic heterocycles. The molecule has 0 heterocycles. The second kappa shape index (κ2) is 13.2. The minimum atomic E-state index is -1.21. The van der Waals surface area contributed by atoms with E-state index in [1.165, 1.54) is 30.7 Å². The molecule has 0 atom stereocenters. The number of aryl methyl sites for hydroxylation is 2. The van der Waals surface area contributed by atoms with Gasteiger partial charge in [0.15, 0.2) is 11.6 Å². The molecule has 0 bridgehead atoms. The van der Waals surface area contributed by atoms with Gasteiger partial charge in [-0.3, -0.25) is 0 Å². The number of unbranched alkanes of at least 4 members (excludes halogenated alkanes) is 7. The van der Waals surface area contributed by atoms with Crippen LogP contribution in [0.1, 0.15) is 93.1 Å². The van der Waals surface area contributed by atoms with Crippen LogP contribution >= 0.6 is 0 Å². The second-order valence-electron chi connectivity index (χ2n) is 8.03. The fourth-order valence-electron chi connectivity index (χ4n) is 3.55. The molecule has 0 aromatic heterocycles. The highest BCUT2D eigenvalue weighted by molar-refractivity contribution is 5.91. The lowest BCUT2D eigenvalue weighted by Gasteiger charge is -2.10. The molecule has 0 radical (unpaired) electrons. The van der Waals surface area contributed by atoms with Gasteiger partial charge in [-0.2, -0.15) is 4.39 Å². The minimum absolute atomic E-state index is 0.260. The average Bonchev–Trinajstić information content (AvgIpc) is 2.75. The molecule has 170 valence electrons. The molecule has 0 saturated carbocycles. The fourth-order valence-corrected chi connectivity index (χ4v) is 3.55. The van der Waals surface area contributed by atoms with Gasteiger partial charge in [0.25, 0.3) is 0 Å². The summed E-state index contributed by atoms with van der Waals surface area (Å²) >= 11 is 0. The van der Waals surface area contributed by atoms with Crippen molar-refractivity contribution >= 4 is 5.97 Å². The molecule has 0 amide bonds. The third-order valence-corrected chi connectivity index (χ3v) is 5.45. The van der Waals surface area contributed by atoms with E-state index >= 15 is 0 Å². The second-order valence-corrected chi connectivity index (χ2v) is 8.03. The molecule has 0 spiro atoms. The number of carbonyl (C=O) groups is 1. The van der Waals surface area contributed by atoms with E-state index in [2.05, 4.69) is 13.8 Å². The summed E-state index contributed by atoms with van der Waals surface area (Å²) in [6.45, 7) is 4.23. The van der Waals surface area contributed by atoms with Crippen LogP contribution in [0.2, 0.25) is 0 Å². The zero-order valence-electron chi connectivity index (χ0n) is 18.6. The molecule has 2 rings (SSSR count). The van der Waals surface area contributed by atoms with Crippen molar-refractivity contribution in [1.29, 1.82) is 0 Å². The van der Waals surface area contributed by atoms with Crippen molar-refractivity contribution in [1.82, 2.24) is 0 Å². The summed E-state index contributed by atoms with van der Waals surface area (Å²) < 4.78 is 48.1. The molecular weight excluding hydrogens is 401 g/mol. The van der Waals surface area contributed by atoms with Crippen LogP contribution in [0.15, 0.2) is 30.3 Å². The Morgan fingerprint density at radius 2 is 1.42 bits per heavy atom. The minimum Gasteiger partial charge on any atom is -0.420 e. The van der Waals surface area contributed by atoms with E-state index in [4.69, 9.17) is 4.74 Å². The van der Waals surface area contributed by atoms with E-state index in [0.717, 1.165) is 63.4 Å². The van der Waals surface area contributed by atoms with Crippen molar-refractivity contribution < 1.29 is 22.7 Å². The van der Waals surface area contributed by atoms with Gasteiger partial charge in [0.1, 0.15) is 5.82 Å². The van der Waals surface area contributed by atoms with Crippen molar-refractivity contribution in [2.24, 2.45) is 0 Å². The molecule has 31 heavy (non-hydrogen) atoms. The third kappa shape index (κ3) is 7.71. The van der Waals surface area contributed by atoms with Gasteiger partial charge in [-0.25, -0.2) is 13.6 Å². The Morgan fingerprint density at radius 3 is 2.13 bits per heavy atom. The zero-order chi connectivity index (χ0) is 22.6. The first kappa shape index (κ1) is 25.0. The number of hydrogen-bond donors (Lipinski definition) is 0. The SMILES string of the molecule is CCCCCCCCc1ccc(OC(=O)c2ccc(CCCCC)cc2F)c(F)c1F. The summed E-state index contributed by atoms with van der Waals surface area (Å²) in [5.74, 6) is -4.51. The summed E-state index contributed by atoms with van der Waals surface area (Å²) in [4.78, 5) is 12.3. The number of ether oxygens (including phenoxy) is 1. The van der Waals surface area contributed by atoms with Gasteiger partial charge >= 0.3 is 5.97 Å². The standard InChI is InChI=1S/C26H33F3O2/c1-3-5-7-8-9-11-13-20-15-17-23(25(29)24(20)28)31-26(30)21-16-14-19(18-22(21)27)12-10-6-4-2/h14-18H,3-13H2,1-2H3. The highest BCUT2D eigenvalue weighted by Gasteiger charge is 2.20. The molecular formula is C26H33F3O2. The number of halogens is 3. The maximum absolute atomic E-state index is 14.4. The molecule has 0 N–H and O–H groups in total. The Bertz CT molecular complexity index is 849. The lowest BCUT2D eigenvalue weighted by molar-refractivity contribution is 0.0721. The number of hydrogen-bond acceptors (Lipinski definition) is 2. The van der Waals surface area contributed by atoms with Crippen molar-refractivity contribution in [3.05, 3.63) is 64.5 Å². The monoisotopic (exact) mass is 434 g/mol. The maximum Gasteiger partial charge on any atom is 0.346 e. The van der Waals surface area contributed by atoms with Gasteiger partial charge in [-0.05, 0) is 55.0 Å². The smallest absolute Gasteiger partial charge is 0.346 e. The van der Waals surface area contributed by atoms with Crippen LogP contribution in [0.25, 0.3) is 0 Å². The van der Waals surface area contributed by atoms with Crippen molar-refractivity contribution in [3.63, 3.8) is 0 Å². The molecule has 0 aliphatic rings. The topological polar surface area (TPSA) is 26.3 Å². The Morgan fingerprint density at radius 1 is 0.774 bits per heavy atom. The van der Waals surface area contributed by atoms with E-state index < -0.39 is 29.2 Å². The largest absolute Gasteiger partial charge is 0.420 e. The van der Waals surface area contributed by atoms with Gasteiger partial charge in [0, 0.05) is 0 Å². The summed E-state index contributed by atoms with van der Waals surface area (Å²) in [5, 5.41) is 0. The van der Waals surface area contributed by atoms with Crippen LogP contribution in [0, 0.1) is 17.5 Å². The summed E-state index contributed by atoms with van der Waals surface area (Å²) in [6, 6.07) is 6.96. The summed E-state index contributed by atoms with van der Waals surface area (Å²) in [6.07, 6.45) is 10.5. The van der Waals surface area contributed by atoms with E-state index in [1.54, 1.807) is 6.07 Å². The first-order valence-corrected chi connectivity index (χ1v) is 11.4.